The Kier molecular flexibility index (Phi) is 3.31. The van der Waals surface area contributed by atoms with Gasteiger partial charge < -0.3 is 9.15 Å². The van der Waals surface area contributed by atoms with Crippen LogP contribution in [0, 0.1) is 0 Å². The SMILES string of the molecule is COC(=O)c1ccc([C@@H](C)N2CCc3[nH]ncc3C2)o1. The normalized spacial score (nSPS) is 16.7. The molecule has 1 atom stereocenters. The summed E-state index contributed by atoms with van der Waals surface area (Å²) in [7, 11) is 1.35. The van der Waals surface area contributed by atoms with Crippen LogP contribution in [0.4, 0.5) is 0 Å². The lowest BCUT2D eigenvalue weighted by molar-refractivity contribution is 0.0558. The molecule has 20 heavy (non-hydrogen) atoms. The topological polar surface area (TPSA) is 71.4 Å². The monoisotopic (exact) mass is 275 g/mol. The number of ether oxygens (including phenoxy) is 1. The van der Waals surface area contributed by atoms with E-state index in [0.717, 1.165) is 25.3 Å². The van der Waals surface area contributed by atoms with Gasteiger partial charge in [-0.05, 0) is 19.1 Å². The van der Waals surface area contributed by atoms with E-state index in [9.17, 15) is 4.79 Å². The number of rotatable bonds is 3. The van der Waals surface area contributed by atoms with Crippen LogP contribution in [0.25, 0.3) is 0 Å². The van der Waals surface area contributed by atoms with E-state index in [4.69, 9.17) is 4.42 Å². The van der Waals surface area contributed by atoms with Crippen molar-refractivity contribution < 1.29 is 13.9 Å². The zero-order valence-electron chi connectivity index (χ0n) is 11.5. The summed E-state index contributed by atoms with van der Waals surface area (Å²) in [6.45, 7) is 3.84. The fourth-order valence-electron chi connectivity index (χ4n) is 2.54. The lowest BCUT2D eigenvalue weighted by Crippen LogP contribution is -2.32. The molecule has 0 spiro atoms. The number of fused-ring (bicyclic) bond motifs is 1. The highest BCUT2D eigenvalue weighted by Crippen LogP contribution is 2.27. The molecular formula is C14H17N3O3. The number of hydrogen-bond donors (Lipinski definition) is 1. The van der Waals surface area contributed by atoms with Crippen molar-refractivity contribution in [1.29, 1.82) is 0 Å². The van der Waals surface area contributed by atoms with E-state index in [0.29, 0.717) is 0 Å². The molecule has 0 aromatic carbocycles. The van der Waals surface area contributed by atoms with E-state index in [2.05, 4.69) is 26.8 Å². The van der Waals surface area contributed by atoms with Crippen LogP contribution in [0.5, 0.6) is 0 Å². The molecule has 3 rings (SSSR count). The van der Waals surface area contributed by atoms with Crippen LogP contribution < -0.4 is 0 Å². The van der Waals surface area contributed by atoms with Crippen LogP contribution in [0.2, 0.25) is 0 Å². The molecule has 0 saturated carbocycles. The maximum Gasteiger partial charge on any atom is 0.373 e. The summed E-state index contributed by atoms with van der Waals surface area (Å²) in [4.78, 5) is 13.7. The Labute approximate surface area is 116 Å². The minimum atomic E-state index is -0.445. The van der Waals surface area contributed by atoms with Crippen molar-refractivity contribution >= 4 is 5.97 Å². The Morgan fingerprint density at radius 2 is 2.40 bits per heavy atom. The summed E-state index contributed by atoms with van der Waals surface area (Å²) in [6, 6.07) is 3.60. The number of furan rings is 1. The number of nitrogens with zero attached hydrogens (tertiary/aromatic N) is 2. The molecule has 106 valence electrons. The van der Waals surface area contributed by atoms with Gasteiger partial charge in [-0.2, -0.15) is 5.10 Å². The van der Waals surface area contributed by atoms with Gasteiger partial charge in [0.05, 0.1) is 19.3 Å². The zero-order chi connectivity index (χ0) is 14.1. The molecule has 0 radical (unpaired) electrons. The Morgan fingerprint density at radius 1 is 1.55 bits per heavy atom. The summed E-state index contributed by atoms with van der Waals surface area (Å²) in [5, 5.41) is 7.09. The molecule has 6 nitrogen and oxygen atoms in total. The standard InChI is InChI=1S/C14H17N3O3/c1-9(12-3-4-13(20-12)14(18)19-2)17-6-5-11-10(8-17)7-15-16-11/h3-4,7,9H,5-6,8H2,1-2H3,(H,15,16)/t9-/m1/s1. The summed E-state index contributed by atoms with van der Waals surface area (Å²) in [5.41, 5.74) is 2.44. The van der Waals surface area contributed by atoms with Crippen molar-refractivity contribution in [2.24, 2.45) is 0 Å². The molecule has 0 aliphatic carbocycles. The van der Waals surface area contributed by atoms with Gasteiger partial charge in [0.1, 0.15) is 5.76 Å². The minimum Gasteiger partial charge on any atom is -0.463 e. The molecule has 2 aromatic rings. The Bertz CT molecular complexity index is 617. The van der Waals surface area contributed by atoms with Gasteiger partial charge in [0.15, 0.2) is 0 Å². The largest absolute Gasteiger partial charge is 0.463 e. The summed E-state index contributed by atoms with van der Waals surface area (Å²) in [6.07, 6.45) is 2.82. The van der Waals surface area contributed by atoms with Crippen molar-refractivity contribution in [1.82, 2.24) is 15.1 Å². The first kappa shape index (κ1) is 12.9. The molecule has 0 fully saturated rings. The molecule has 0 unspecified atom stereocenters. The minimum absolute atomic E-state index is 0.108. The zero-order valence-corrected chi connectivity index (χ0v) is 11.5. The number of aromatic nitrogens is 2. The highest BCUT2D eigenvalue weighted by molar-refractivity contribution is 5.86. The van der Waals surface area contributed by atoms with Crippen LogP contribution in [0.15, 0.2) is 22.7 Å². The molecule has 1 N–H and O–H groups in total. The van der Waals surface area contributed by atoms with Crippen LogP contribution >= 0.6 is 0 Å². The molecule has 2 aromatic heterocycles. The van der Waals surface area contributed by atoms with E-state index < -0.39 is 5.97 Å². The van der Waals surface area contributed by atoms with Crippen LogP contribution in [-0.4, -0.2) is 34.7 Å². The van der Waals surface area contributed by atoms with E-state index in [1.807, 2.05) is 12.3 Å². The highest BCUT2D eigenvalue weighted by Gasteiger charge is 2.25. The third-order valence-electron chi connectivity index (χ3n) is 3.80. The first-order valence-corrected chi connectivity index (χ1v) is 6.62. The van der Waals surface area contributed by atoms with Gasteiger partial charge in [-0.15, -0.1) is 0 Å². The average molecular weight is 275 g/mol. The number of nitrogens with one attached hydrogen (secondary N) is 1. The van der Waals surface area contributed by atoms with Gasteiger partial charge in [-0.25, -0.2) is 4.79 Å². The predicted molar refractivity (Wildman–Crippen MR) is 71.2 cm³/mol. The second-order valence-electron chi connectivity index (χ2n) is 4.96. The number of methoxy groups -OCH3 is 1. The molecule has 0 saturated heterocycles. The fraction of sp³-hybridized carbons (Fsp3) is 0.429. The third-order valence-corrected chi connectivity index (χ3v) is 3.80. The number of esters is 1. The average Bonchev–Trinajstić information content (AvgIpc) is 3.13. The maximum absolute atomic E-state index is 11.4. The van der Waals surface area contributed by atoms with E-state index in [1.54, 1.807) is 6.07 Å². The molecule has 0 amide bonds. The van der Waals surface area contributed by atoms with Crippen LogP contribution in [0.1, 0.15) is 40.5 Å². The smallest absolute Gasteiger partial charge is 0.373 e. The van der Waals surface area contributed by atoms with Crippen molar-refractivity contribution in [2.75, 3.05) is 13.7 Å². The lowest BCUT2D eigenvalue weighted by Gasteiger charge is -2.30. The molecule has 3 heterocycles. The Balaban J connectivity index is 1.75. The number of aromatic amines is 1. The maximum atomic E-state index is 11.4. The number of carbonyl (C=O) groups excluding carboxylic acids is 1. The van der Waals surface area contributed by atoms with Crippen molar-refractivity contribution in [3.8, 4) is 0 Å². The lowest BCUT2D eigenvalue weighted by atomic mass is 10.1. The third kappa shape index (κ3) is 2.22. The summed E-state index contributed by atoms with van der Waals surface area (Å²) in [5.74, 6) is 0.576. The van der Waals surface area contributed by atoms with Gasteiger partial charge in [-0.3, -0.25) is 10.00 Å². The predicted octanol–water partition coefficient (Wildman–Crippen LogP) is 1.91. The number of H-pyrrole nitrogens is 1. The van der Waals surface area contributed by atoms with Crippen LogP contribution in [-0.2, 0) is 17.7 Å². The van der Waals surface area contributed by atoms with Crippen molar-refractivity contribution in [3.63, 3.8) is 0 Å². The highest BCUT2D eigenvalue weighted by atomic mass is 16.5. The molecule has 1 aliphatic heterocycles. The van der Waals surface area contributed by atoms with E-state index >= 15 is 0 Å². The first-order valence-electron chi connectivity index (χ1n) is 6.62. The van der Waals surface area contributed by atoms with Gasteiger partial charge in [0.25, 0.3) is 0 Å². The van der Waals surface area contributed by atoms with Crippen LogP contribution in [0.3, 0.4) is 0 Å². The van der Waals surface area contributed by atoms with Gasteiger partial charge in [0.2, 0.25) is 5.76 Å². The molecule has 6 heteroatoms. The van der Waals surface area contributed by atoms with Crippen molar-refractivity contribution in [2.45, 2.75) is 25.9 Å². The summed E-state index contributed by atoms with van der Waals surface area (Å²) < 4.78 is 10.2. The Hall–Kier alpha value is -2.08. The van der Waals surface area contributed by atoms with Gasteiger partial charge >= 0.3 is 5.97 Å². The fourth-order valence-corrected chi connectivity index (χ4v) is 2.54. The summed E-state index contributed by atoms with van der Waals surface area (Å²) >= 11 is 0. The molecule has 1 aliphatic rings. The van der Waals surface area contributed by atoms with Gasteiger partial charge in [0, 0.05) is 30.8 Å². The van der Waals surface area contributed by atoms with Gasteiger partial charge in [-0.1, -0.05) is 0 Å². The number of hydrogen-bond acceptors (Lipinski definition) is 5. The molecular weight excluding hydrogens is 258 g/mol. The second kappa shape index (κ2) is 5.13. The first-order chi connectivity index (χ1) is 9.69. The van der Waals surface area contributed by atoms with E-state index in [1.165, 1.54) is 18.4 Å². The van der Waals surface area contributed by atoms with E-state index in [-0.39, 0.29) is 11.8 Å². The Morgan fingerprint density at radius 3 is 3.20 bits per heavy atom. The quantitative estimate of drug-likeness (QED) is 0.866. The van der Waals surface area contributed by atoms with Crippen molar-refractivity contribution in [3.05, 3.63) is 41.1 Å². The molecule has 0 bridgehead atoms. The number of carbonyl (C=O) groups is 1. The second-order valence-corrected chi connectivity index (χ2v) is 4.96.